The van der Waals surface area contributed by atoms with Crippen molar-refractivity contribution in [1.29, 1.82) is 0 Å². The molecule has 0 saturated carbocycles. The molecule has 2 aromatic rings. The fraction of sp³-hybridized carbons (Fsp3) is 0.250. The smallest absolute Gasteiger partial charge is 0.329 e. The summed E-state index contributed by atoms with van der Waals surface area (Å²) in [6.07, 6.45) is 3.82. The second kappa shape index (κ2) is 6.47. The van der Waals surface area contributed by atoms with Gasteiger partial charge in [-0.05, 0) is 75.6 Å². The second-order valence-corrected chi connectivity index (χ2v) is 6.63. The predicted molar refractivity (Wildman–Crippen MR) is 101 cm³/mol. The SMILES string of the molecule is CC1=N/C(=C(/c2c(C)cc(C)cc2C)c2ccc(C)n2B(F)F)C=C1. The van der Waals surface area contributed by atoms with Crippen LogP contribution in [0.5, 0.6) is 0 Å². The fourth-order valence-corrected chi connectivity index (χ4v) is 3.58. The number of halogens is 2. The highest BCUT2D eigenvalue weighted by Crippen LogP contribution is 2.36. The summed E-state index contributed by atoms with van der Waals surface area (Å²) in [6, 6.07) is 7.66. The Kier molecular flexibility index (Phi) is 4.50. The lowest BCUT2D eigenvalue weighted by Gasteiger charge is -2.18. The summed E-state index contributed by atoms with van der Waals surface area (Å²) in [5.41, 5.74) is 7.66. The molecule has 25 heavy (non-hydrogen) atoms. The van der Waals surface area contributed by atoms with Gasteiger partial charge in [0, 0.05) is 22.7 Å². The average Bonchev–Trinajstić information content (AvgIpc) is 3.08. The summed E-state index contributed by atoms with van der Waals surface area (Å²) < 4.78 is 28.5. The lowest BCUT2D eigenvalue weighted by Crippen LogP contribution is -2.18. The first-order valence-corrected chi connectivity index (χ1v) is 8.32. The van der Waals surface area contributed by atoms with Gasteiger partial charge in [-0.25, -0.2) is 0 Å². The van der Waals surface area contributed by atoms with E-state index in [1.165, 1.54) is 0 Å². The van der Waals surface area contributed by atoms with Crippen molar-refractivity contribution in [1.82, 2.24) is 4.48 Å². The van der Waals surface area contributed by atoms with E-state index < -0.39 is 7.40 Å². The van der Waals surface area contributed by atoms with Crippen LogP contribution in [0.25, 0.3) is 5.57 Å². The lowest BCUT2D eigenvalue weighted by atomic mass is 9.90. The Hall–Kier alpha value is -2.43. The molecular weight excluding hydrogens is 317 g/mol. The van der Waals surface area contributed by atoms with E-state index >= 15 is 0 Å². The molecule has 1 aromatic heterocycles. The molecule has 5 heteroatoms. The van der Waals surface area contributed by atoms with Crippen LogP contribution in [0.2, 0.25) is 0 Å². The van der Waals surface area contributed by atoms with E-state index in [0.29, 0.717) is 11.4 Å². The molecule has 1 aromatic carbocycles. The van der Waals surface area contributed by atoms with Gasteiger partial charge in [0.25, 0.3) is 0 Å². The molecule has 128 valence electrons. The standard InChI is InChI=1S/C20H21BF2N2/c1-12-10-13(2)19(14(3)11-12)20(17-8-6-15(4)24-17)18-9-7-16(5)25(18)21(22)23/h6-11H,1-5H3/b20-17+. The molecule has 2 nitrogen and oxygen atoms in total. The highest BCUT2D eigenvalue weighted by Gasteiger charge is 2.27. The number of aryl methyl sites for hydroxylation is 4. The topological polar surface area (TPSA) is 17.3 Å². The Morgan fingerprint density at radius 2 is 1.60 bits per heavy atom. The fourth-order valence-electron chi connectivity index (χ4n) is 3.58. The van der Waals surface area contributed by atoms with Gasteiger partial charge in [-0.1, -0.05) is 17.7 Å². The molecule has 0 bridgehead atoms. The molecular formula is C20H21BF2N2. The molecule has 0 atom stereocenters. The maximum absolute atomic E-state index is 13.7. The third-order valence-electron chi connectivity index (χ3n) is 4.54. The van der Waals surface area contributed by atoms with Crippen molar-refractivity contribution in [3.05, 3.63) is 75.8 Å². The monoisotopic (exact) mass is 338 g/mol. The Morgan fingerprint density at radius 3 is 2.12 bits per heavy atom. The van der Waals surface area contributed by atoms with Crippen LogP contribution < -0.4 is 0 Å². The minimum absolute atomic E-state index is 0.501. The molecule has 0 spiro atoms. The van der Waals surface area contributed by atoms with Gasteiger partial charge < -0.3 is 4.48 Å². The van der Waals surface area contributed by atoms with E-state index in [4.69, 9.17) is 0 Å². The van der Waals surface area contributed by atoms with Crippen LogP contribution in [-0.2, 0) is 0 Å². The zero-order valence-electron chi connectivity index (χ0n) is 15.2. The number of rotatable bonds is 3. The highest BCUT2D eigenvalue weighted by atomic mass is 19.2. The van der Waals surface area contributed by atoms with Crippen LogP contribution in [0.1, 0.15) is 40.6 Å². The summed E-state index contributed by atoms with van der Waals surface area (Å²) in [5, 5.41) is 0. The van der Waals surface area contributed by atoms with Crippen molar-refractivity contribution in [2.45, 2.75) is 34.6 Å². The van der Waals surface area contributed by atoms with E-state index in [9.17, 15) is 8.63 Å². The Labute approximate surface area is 147 Å². The van der Waals surface area contributed by atoms with Crippen LogP contribution in [0, 0.1) is 27.7 Å². The maximum atomic E-state index is 13.7. The van der Waals surface area contributed by atoms with Crippen molar-refractivity contribution in [3.63, 3.8) is 0 Å². The third kappa shape index (κ3) is 3.11. The Balaban J connectivity index is 2.38. The van der Waals surface area contributed by atoms with Crippen molar-refractivity contribution in [3.8, 4) is 0 Å². The molecule has 0 radical (unpaired) electrons. The van der Waals surface area contributed by atoms with Gasteiger partial charge in [0.2, 0.25) is 0 Å². The Morgan fingerprint density at radius 1 is 0.960 bits per heavy atom. The summed E-state index contributed by atoms with van der Waals surface area (Å²) in [5.74, 6) is 0. The van der Waals surface area contributed by atoms with E-state index in [1.807, 2.05) is 39.8 Å². The highest BCUT2D eigenvalue weighted by molar-refractivity contribution is 6.41. The maximum Gasteiger partial charge on any atom is 0.677 e. The van der Waals surface area contributed by atoms with Gasteiger partial charge in [0.1, 0.15) is 0 Å². The van der Waals surface area contributed by atoms with Gasteiger partial charge in [-0.2, -0.15) is 0 Å². The van der Waals surface area contributed by atoms with Gasteiger partial charge in [-0.15, -0.1) is 0 Å². The molecule has 0 aliphatic carbocycles. The van der Waals surface area contributed by atoms with E-state index in [1.54, 1.807) is 19.1 Å². The summed E-state index contributed by atoms with van der Waals surface area (Å²) in [6.45, 7) is 9.70. The summed E-state index contributed by atoms with van der Waals surface area (Å²) in [7, 11) is -2.60. The van der Waals surface area contributed by atoms with Gasteiger partial charge >= 0.3 is 7.40 Å². The average molecular weight is 338 g/mol. The molecule has 0 unspecified atom stereocenters. The number of hydrogen-bond acceptors (Lipinski definition) is 1. The summed E-state index contributed by atoms with van der Waals surface area (Å²) >= 11 is 0. The van der Waals surface area contributed by atoms with E-state index in [-0.39, 0.29) is 0 Å². The van der Waals surface area contributed by atoms with Gasteiger partial charge in [0.15, 0.2) is 0 Å². The molecule has 0 fully saturated rings. The molecule has 0 N–H and O–H groups in total. The minimum Gasteiger partial charge on any atom is -0.329 e. The van der Waals surface area contributed by atoms with Crippen molar-refractivity contribution >= 4 is 18.7 Å². The van der Waals surface area contributed by atoms with Crippen LogP contribution in [0.15, 0.2) is 47.1 Å². The molecule has 2 heterocycles. The van der Waals surface area contributed by atoms with Crippen molar-refractivity contribution in [2.24, 2.45) is 4.99 Å². The zero-order valence-corrected chi connectivity index (χ0v) is 15.2. The number of allylic oxidation sites excluding steroid dienone is 2. The van der Waals surface area contributed by atoms with Crippen LogP contribution in [-0.4, -0.2) is 17.6 Å². The number of hydrogen-bond donors (Lipinski definition) is 0. The lowest BCUT2D eigenvalue weighted by molar-refractivity contribution is 0.624. The first kappa shape index (κ1) is 17.4. The molecule has 3 rings (SSSR count). The van der Waals surface area contributed by atoms with Gasteiger partial charge in [-0.3, -0.25) is 13.6 Å². The molecule has 1 aliphatic rings. The van der Waals surface area contributed by atoms with Crippen molar-refractivity contribution in [2.75, 3.05) is 0 Å². The first-order valence-electron chi connectivity index (χ1n) is 8.32. The first-order chi connectivity index (χ1) is 11.8. The van der Waals surface area contributed by atoms with Crippen LogP contribution >= 0.6 is 0 Å². The van der Waals surface area contributed by atoms with Crippen molar-refractivity contribution < 1.29 is 8.63 Å². The number of aromatic nitrogens is 1. The molecule has 0 amide bonds. The third-order valence-corrected chi connectivity index (χ3v) is 4.54. The summed E-state index contributed by atoms with van der Waals surface area (Å²) in [4.78, 5) is 4.58. The van der Waals surface area contributed by atoms with Crippen LogP contribution in [0.4, 0.5) is 8.63 Å². The second-order valence-electron chi connectivity index (χ2n) is 6.63. The molecule has 1 aliphatic heterocycles. The number of benzene rings is 1. The van der Waals surface area contributed by atoms with Gasteiger partial charge in [0.05, 0.1) is 5.70 Å². The number of aliphatic imine (C=N–C) groups is 1. The number of nitrogens with zero attached hydrogens (tertiary/aromatic N) is 2. The molecule has 0 saturated heterocycles. The normalized spacial score (nSPS) is 15.6. The largest absolute Gasteiger partial charge is 0.677 e. The zero-order chi connectivity index (χ0) is 18.3. The Bertz CT molecular complexity index is 910. The van der Waals surface area contributed by atoms with Crippen LogP contribution in [0.3, 0.4) is 0 Å². The quantitative estimate of drug-likeness (QED) is 0.677. The van der Waals surface area contributed by atoms with E-state index in [0.717, 1.165) is 43.7 Å². The minimum atomic E-state index is -2.60. The predicted octanol–water partition coefficient (Wildman–Crippen LogP) is 5.28. The van der Waals surface area contributed by atoms with E-state index in [2.05, 4.69) is 17.1 Å².